The van der Waals surface area contributed by atoms with E-state index < -0.39 is 24.4 Å². The number of hydrogen-bond donors (Lipinski definition) is 2. The van der Waals surface area contributed by atoms with Crippen molar-refractivity contribution < 1.29 is 14.4 Å². The summed E-state index contributed by atoms with van der Waals surface area (Å²) in [5.74, 6) is -1.02. The molecule has 2 rings (SSSR count). The quantitative estimate of drug-likeness (QED) is 0.646. The standard InChI is InChI=1S/C12H12Cl2N4O3/c1-17-5-10(20)18(12(17)21)4-9(19)16-11-7(13)2-6(15)3-8(11)14/h2-3H,4-5,15H2,1H3,(H,16,19). The Bertz CT molecular complexity index is 612. The molecule has 1 aromatic carbocycles. The molecule has 112 valence electrons. The summed E-state index contributed by atoms with van der Waals surface area (Å²) in [5.41, 5.74) is 6.10. The third-order valence-corrected chi connectivity index (χ3v) is 3.46. The van der Waals surface area contributed by atoms with Crippen molar-refractivity contribution in [2.75, 3.05) is 31.2 Å². The molecule has 0 aromatic heterocycles. The van der Waals surface area contributed by atoms with Crippen LogP contribution >= 0.6 is 23.2 Å². The number of likely N-dealkylation sites (N-methyl/N-ethyl adjacent to an activating group) is 1. The molecule has 3 N–H and O–H groups in total. The van der Waals surface area contributed by atoms with E-state index in [1.54, 1.807) is 0 Å². The molecule has 4 amide bonds. The second-order valence-corrected chi connectivity index (χ2v) is 5.34. The third kappa shape index (κ3) is 3.20. The number of nitrogen functional groups attached to an aromatic ring is 1. The lowest BCUT2D eigenvalue weighted by Gasteiger charge is -2.15. The summed E-state index contributed by atoms with van der Waals surface area (Å²) < 4.78 is 0. The molecular weight excluding hydrogens is 319 g/mol. The van der Waals surface area contributed by atoms with E-state index in [4.69, 9.17) is 28.9 Å². The maximum absolute atomic E-state index is 11.9. The molecule has 9 heteroatoms. The lowest BCUT2D eigenvalue weighted by molar-refractivity contribution is -0.129. The maximum Gasteiger partial charge on any atom is 0.327 e. The molecule has 1 aliphatic heterocycles. The monoisotopic (exact) mass is 330 g/mol. The molecule has 0 bridgehead atoms. The first-order chi connectivity index (χ1) is 9.79. The highest BCUT2D eigenvalue weighted by Gasteiger charge is 2.34. The van der Waals surface area contributed by atoms with Gasteiger partial charge < -0.3 is 16.0 Å². The molecule has 0 spiro atoms. The first-order valence-electron chi connectivity index (χ1n) is 5.89. The zero-order valence-corrected chi connectivity index (χ0v) is 12.5. The largest absolute Gasteiger partial charge is 0.399 e. The number of rotatable bonds is 3. The van der Waals surface area contributed by atoms with Gasteiger partial charge in [-0.2, -0.15) is 0 Å². The van der Waals surface area contributed by atoms with Crippen molar-refractivity contribution in [2.24, 2.45) is 0 Å². The molecule has 1 aromatic rings. The SMILES string of the molecule is CN1CC(=O)N(CC(=O)Nc2c(Cl)cc(N)cc2Cl)C1=O. The van der Waals surface area contributed by atoms with Gasteiger partial charge in [0.1, 0.15) is 13.1 Å². The second kappa shape index (κ2) is 5.79. The van der Waals surface area contributed by atoms with E-state index in [0.717, 1.165) is 4.90 Å². The van der Waals surface area contributed by atoms with Gasteiger partial charge >= 0.3 is 6.03 Å². The predicted molar refractivity (Wildman–Crippen MR) is 79.2 cm³/mol. The molecule has 0 radical (unpaired) electrons. The van der Waals surface area contributed by atoms with E-state index in [2.05, 4.69) is 5.32 Å². The zero-order chi connectivity index (χ0) is 15.7. The van der Waals surface area contributed by atoms with Gasteiger partial charge in [-0.15, -0.1) is 0 Å². The first-order valence-corrected chi connectivity index (χ1v) is 6.65. The topological polar surface area (TPSA) is 95.7 Å². The number of urea groups is 1. The molecule has 0 saturated carbocycles. The van der Waals surface area contributed by atoms with Crippen LogP contribution in [0, 0.1) is 0 Å². The van der Waals surface area contributed by atoms with Crippen molar-refractivity contribution in [3.8, 4) is 0 Å². The van der Waals surface area contributed by atoms with E-state index in [0.29, 0.717) is 5.69 Å². The van der Waals surface area contributed by atoms with Gasteiger partial charge in [-0.1, -0.05) is 23.2 Å². The van der Waals surface area contributed by atoms with Crippen molar-refractivity contribution >= 4 is 52.4 Å². The van der Waals surface area contributed by atoms with Gasteiger partial charge in [-0.25, -0.2) is 4.79 Å². The van der Waals surface area contributed by atoms with Gasteiger partial charge in [0.05, 0.1) is 15.7 Å². The number of benzene rings is 1. The first kappa shape index (κ1) is 15.4. The molecule has 21 heavy (non-hydrogen) atoms. The molecule has 1 heterocycles. The van der Waals surface area contributed by atoms with Crippen LogP contribution in [0.5, 0.6) is 0 Å². The Morgan fingerprint density at radius 2 is 1.90 bits per heavy atom. The number of anilines is 2. The number of carbonyl (C=O) groups is 3. The normalized spacial score (nSPS) is 14.8. The van der Waals surface area contributed by atoms with Crippen molar-refractivity contribution in [1.82, 2.24) is 9.80 Å². The fraction of sp³-hybridized carbons (Fsp3) is 0.250. The van der Waals surface area contributed by atoms with E-state index in [1.165, 1.54) is 24.1 Å². The summed E-state index contributed by atoms with van der Waals surface area (Å²) in [4.78, 5) is 37.2. The van der Waals surface area contributed by atoms with Crippen molar-refractivity contribution in [3.63, 3.8) is 0 Å². The Morgan fingerprint density at radius 1 is 1.33 bits per heavy atom. The van der Waals surface area contributed by atoms with Crippen molar-refractivity contribution in [3.05, 3.63) is 22.2 Å². The van der Waals surface area contributed by atoms with Crippen LogP contribution in [0.15, 0.2) is 12.1 Å². The molecule has 1 fully saturated rings. The minimum atomic E-state index is -0.583. The van der Waals surface area contributed by atoms with Crippen molar-refractivity contribution in [2.45, 2.75) is 0 Å². The molecule has 1 aliphatic rings. The number of nitrogens with one attached hydrogen (secondary N) is 1. The summed E-state index contributed by atoms with van der Waals surface area (Å²) in [6.45, 7) is -0.450. The number of nitrogens with zero attached hydrogens (tertiary/aromatic N) is 2. The van der Waals surface area contributed by atoms with E-state index in [1.807, 2.05) is 0 Å². The second-order valence-electron chi connectivity index (χ2n) is 4.53. The lowest BCUT2D eigenvalue weighted by Crippen LogP contribution is -2.38. The smallest absolute Gasteiger partial charge is 0.327 e. The Balaban J connectivity index is 2.10. The van der Waals surface area contributed by atoms with Gasteiger partial charge in [-0.05, 0) is 12.1 Å². The fourth-order valence-electron chi connectivity index (χ4n) is 1.86. The van der Waals surface area contributed by atoms with Crippen LogP contribution in [-0.2, 0) is 9.59 Å². The van der Waals surface area contributed by atoms with Crippen LogP contribution in [0.1, 0.15) is 0 Å². The number of hydrogen-bond acceptors (Lipinski definition) is 4. The average molecular weight is 331 g/mol. The molecule has 0 atom stereocenters. The highest BCUT2D eigenvalue weighted by Crippen LogP contribution is 2.32. The molecular formula is C12H12Cl2N4O3. The van der Waals surface area contributed by atoms with Crippen LogP contribution in [-0.4, -0.2) is 47.8 Å². The third-order valence-electron chi connectivity index (χ3n) is 2.86. The highest BCUT2D eigenvalue weighted by molar-refractivity contribution is 6.40. The van der Waals surface area contributed by atoms with Crippen LogP contribution in [0.2, 0.25) is 10.0 Å². The van der Waals surface area contributed by atoms with E-state index in [9.17, 15) is 14.4 Å². The lowest BCUT2D eigenvalue weighted by atomic mass is 10.2. The van der Waals surface area contributed by atoms with Crippen LogP contribution < -0.4 is 11.1 Å². The summed E-state index contributed by atoms with van der Waals surface area (Å²) >= 11 is 11.9. The predicted octanol–water partition coefficient (Wildman–Crippen LogP) is 1.41. The summed E-state index contributed by atoms with van der Waals surface area (Å²) in [7, 11) is 1.48. The molecule has 0 unspecified atom stereocenters. The number of carbonyl (C=O) groups excluding carboxylic acids is 3. The van der Waals surface area contributed by atoms with Crippen LogP contribution in [0.3, 0.4) is 0 Å². The minimum absolute atomic E-state index is 0.0461. The zero-order valence-electron chi connectivity index (χ0n) is 11.0. The van der Waals surface area contributed by atoms with E-state index >= 15 is 0 Å². The van der Waals surface area contributed by atoms with Gasteiger partial charge in [0, 0.05) is 12.7 Å². The Kier molecular flexibility index (Phi) is 4.24. The fourth-order valence-corrected chi connectivity index (χ4v) is 2.46. The molecule has 0 aliphatic carbocycles. The molecule has 7 nitrogen and oxygen atoms in total. The maximum atomic E-state index is 11.9. The average Bonchev–Trinajstić information content (AvgIpc) is 2.60. The van der Waals surface area contributed by atoms with Gasteiger partial charge in [-0.3, -0.25) is 14.5 Å². The van der Waals surface area contributed by atoms with Gasteiger partial charge in [0.2, 0.25) is 5.91 Å². The van der Waals surface area contributed by atoms with E-state index in [-0.39, 0.29) is 22.3 Å². The number of halogens is 2. The van der Waals surface area contributed by atoms with Gasteiger partial charge in [0.15, 0.2) is 0 Å². The Morgan fingerprint density at radius 3 is 2.38 bits per heavy atom. The van der Waals surface area contributed by atoms with Crippen LogP contribution in [0.25, 0.3) is 0 Å². The Hall–Kier alpha value is -1.99. The number of nitrogens with two attached hydrogens (primary N) is 1. The number of amides is 4. The van der Waals surface area contributed by atoms with Crippen LogP contribution in [0.4, 0.5) is 16.2 Å². The highest BCUT2D eigenvalue weighted by atomic mass is 35.5. The Labute approximate surface area is 130 Å². The summed E-state index contributed by atoms with van der Waals surface area (Å²) in [5, 5.41) is 2.81. The minimum Gasteiger partial charge on any atom is -0.399 e. The van der Waals surface area contributed by atoms with Crippen molar-refractivity contribution in [1.29, 1.82) is 0 Å². The molecule has 1 saturated heterocycles. The number of imide groups is 1. The van der Waals surface area contributed by atoms with Gasteiger partial charge in [0.25, 0.3) is 5.91 Å². The summed E-state index contributed by atoms with van der Waals surface area (Å²) in [6.07, 6.45) is 0. The summed E-state index contributed by atoms with van der Waals surface area (Å²) in [6, 6.07) is 2.34.